The maximum Gasteiger partial charge on any atom is 0.422 e. The van der Waals surface area contributed by atoms with Crippen LogP contribution in [0.2, 0.25) is 5.02 Å². The molecule has 2 saturated carbocycles. The van der Waals surface area contributed by atoms with Crippen LogP contribution in [0.1, 0.15) is 31.2 Å². The predicted octanol–water partition coefficient (Wildman–Crippen LogP) is 4.43. The largest absolute Gasteiger partial charge is 0.467 e. The molecule has 2 aromatic heterocycles. The molecule has 0 bridgehead atoms. The van der Waals surface area contributed by atoms with Crippen molar-refractivity contribution in [3.63, 3.8) is 0 Å². The van der Waals surface area contributed by atoms with E-state index in [1.807, 2.05) is 0 Å². The Morgan fingerprint density at radius 3 is 2.63 bits per heavy atom. The van der Waals surface area contributed by atoms with E-state index in [1.54, 1.807) is 12.1 Å². The molecule has 0 saturated heterocycles. The second kappa shape index (κ2) is 7.23. The number of hydrogen-bond acceptors (Lipinski definition) is 7. The number of ether oxygens (including phenoxy) is 1. The normalized spacial score (nSPS) is 18.9. The van der Waals surface area contributed by atoms with E-state index in [2.05, 4.69) is 19.6 Å². The number of alkyl halides is 3. The van der Waals surface area contributed by atoms with Gasteiger partial charge in [-0.25, -0.2) is 13.4 Å². The number of nitrogens with one attached hydrogen (secondary N) is 1. The molecular weight excluding hydrogens is 513 g/mol. The highest BCUT2D eigenvalue weighted by atomic mass is 35.5. The monoisotopic (exact) mass is 528 g/mol. The first kappa shape index (κ1) is 22.4. The highest BCUT2D eigenvalue weighted by Gasteiger charge is 2.60. The van der Waals surface area contributed by atoms with Crippen molar-refractivity contribution in [1.29, 1.82) is 0 Å². The smallest absolute Gasteiger partial charge is 0.422 e. The third-order valence-electron chi connectivity index (χ3n) is 6.33. The van der Waals surface area contributed by atoms with E-state index in [0.29, 0.717) is 42.3 Å². The summed E-state index contributed by atoms with van der Waals surface area (Å²) in [6.07, 6.45) is -1.000. The molecule has 1 aromatic carbocycles. The first-order chi connectivity index (χ1) is 16.5. The second-order valence-electron chi connectivity index (χ2n) is 8.85. The van der Waals surface area contributed by atoms with Crippen molar-refractivity contribution < 1.29 is 35.6 Å². The van der Waals surface area contributed by atoms with E-state index in [1.165, 1.54) is 17.2 Å². The lowest BCUT2D eigenvalue weighted by molar-refractivity contribution is -0.154. The fraction of sp³-hybridized carbons (Fsp3) is 0.381. The summed E-state index contributed by atoms with van der Waals surface area (Å²) in [5, 5.41) is 3.67. The number of halogens is 4. The molecule has 35 heavy (non-hydrogen) atoms. The molecule has 6 rings (SSSR count). The van der Waals surface area contributed by atoms with Crippen LogP contribution in [0.5, 0.6) is 5.88 Å². The van der Waals surface area contributed by atoms with Gasteiger partial charge in [-0.1, -0.05) is 16.8 Å². The van der Waals surface area contributed by atoms with Crippen LogP contribution < -0.4 is 14.4 Å². The van der Waals surface area contributed by atoms with Crippen molar-refractivity contribution in [1.82, 2.24) is 10.1 Å². The number of carbonyl (C=O) groups is 1. The minimum absolute atomic E-state index is 0.0623. The maximum absolute atomic E-state index is 13.4. The summed E-state index contributed by atoms with van der Waals surface area (Å²) in [5.41, 5.74) is 0.883. The first-order valence-corrected chi connectivity index (χ1v) is 12.6. The summed E-state index contributed by atoms with van der Waals surface area (Å²) in [5.74, 6) is -0.582. The zero-order chi connectivity index (χ0) is 24.8. The lowest BCUT2D eigenvalue weighted by atomic mass is 9.96. The molecule has 1 amide bonds. The quantitative estimate of drug-likeness (QED) is 0.503. The van der Waals surface area contributed by atoms with Crippen molar-refractivity contribution in [2.45, 2.75) is 42.5 Å². The number of pyridine rings is 1. The SMILES string of the molecule is O=C1N(c2cnc(OCC(F)(F)F)c(Cl)c2)c2cc3onc(NS(=O)(=O)C4CC4)c3cc2C12CC2. The summed E-state index contributed by atoms with van der Waals surface area (Å²) in [4.78, 5) is 18.7. The Labute approximate surface area is 201 Å². The Balaban J connectivity index is 1.38. The maximum atomic E-state index is 13.4. The number of sulfonamides is 1. The Kier molecular flexibility index (Phi) is 4.63. The van der Waals surface area contributed by atoms with Crippen molar-refractivity contribution in [3.05, 3.63) is 35.0 Å². The van der Waals surface area contributed by atoms with Gasteiger partial charge in [-0.2, -0.15) is 13.2 Å². The fourth-order valence-corrected chi connectivity index (χ4v) is 5.86. The third-order valence-corrected chi connectivity index (χ3v) is 8.43. The standard InChI is InChI=1S/C21H16ClF3N4O5S/c22-14-5-10(8-26-18(14)33-9-21(23,24)25)29-15-7-16-12(6-13(15)20(3-4-20)19(29)30)17(27-34-16)28-35(31,32)11-1-2-11/h5-8,11H,1-4,9H2,(H,27,28). The average molecular weight is 529 g/mol. The summed E-state index contributed by atoms with van der Waals surface area (Å²) >= 11 is 6.10. The molecule has 0 unspecified atom stereocenters. The summed E-state index contributed by atoms with van der Waals surface area (Å²) < 4.78 is 74.6. The van der Waals surface area contributed by atoms with Gasteiger partial charge in [0.25, 0.3) is 0 Å². The number of hydrogen-bond donors (Lipinski definition) is 1. The van der Waals surface area contributed by atoms with Crippen LogP contribution in [-0.2, 0) is 20.2 Å². The molecule has 1 spiro atoms. The summed E-state index contributed by atoms with van der Waals surface area (Å²) in [7, 11) is -3.57. The van der Waals surface area contributed by atoms with E-state index in [4.69, 9.17) is 16.1 Å². The number of aromatic nitrogens is 2. The van der Waals surface area contributed by atoms with Crippen molar-refractivity contribution >= 4 is 55.7 Å². The highest BCUT2D eigenvalue weighted by Crippen LogP contribution is 2.60. The zero-order valence-electron chi connectivity index (χ0n) is 17.7. The molecule has 3 aromatic rings. The van der Waals surface area contributed by atoms with Crippen LogP contribution >= 0.6 is 11.6 Å². The molecular formula is C21H16ClF3N4O5S. The van der Waals surface area contributed by atoms with Crippen LogP contribution in [0.25, 0.3) is 11.0 Å². The van der Waals surface area contributed by atoms with Crippen LogP contribution in [-0.4, -0.2) is 42.5 Å². The highest BCUT2D eigenvalue weighted by molar-refractivity contribution is 7.93. The van der Waals surface area contributed by atoms with Gasteiger partial charge < -0.3 is 9.26 Å². The van der Waals surface area contributed by atoms with Gasteiger partial charge in [-0.3, -0.25) is 14.4 Å². The van der Waals surface area contributed by atoms with Crippen molar-refractivity contribution in [2.75, 3.05) is 16.2 Å². The molecule has 184 valence electrons. The lowest BCUT2D eigenvalue weighted by Gasteiger charge is -2.19. The number of fused-ring (bicyclic) bond motifs is 3. The van der Waals surface area contributed by atoms with Gasteiger partial charge in [0.15, 0.2) is 18.0 Å². The molecule has 1 N–H and O–H groups in total. The van der Waals surface area contributed by atoms with Crippen LogP contribution in [0, 0.1) is 0 Å². The van der Waals surface area contributed by atoms with Crippen LogP contribution in [0.3, 0.4) is 0 Å². The van der Waals surface area contributed by atoms with Crippen molar-refractivity contribution in [3.8, 4) is 5.88 Å². The molecule has 3 heterocycles. The third kappa shape index (κ3) is 3.68. The van der Waals surface area contributed by atoms with Gasteiger partial charge in [-0.15, -0.1) is 0 Å². The Hall–Kier alpha value is -3.06. The number of nitrogens with zero attached hydrogens (tertiary/aromatic N) is 3. The number of carbonyl (C=O) groups excluding carboxylic acids is 1. The Bertz CT molecular complexity index is 1500. The molecule has 0 radical (unpaired) electrons. The molecule has 14 heteroatoms. The minimum atomic E-state index is -4.56. The molecule has 2 aliphatic carbocycles. The zero-order valence-corrected chi connectivity index (χ0v) is 19.3. The van der Waals surface area contributed by atoms with Gasteiger partial charge in [0.1, 0.15) is 5.02 Å². The number of benzene rings is 1. The van der Waals surface area contributed by atoms with E-state index in [9.17, 15) is 26.4 Å². The van der Waals surface area contributed by atoms with Crippen LogP contribution in [0.15, 0.2) is 28.9 Å². The average Bonchev–Trinajstić information content (AvgIpc) is 3.69. The van der Waals surface area contributed by atoms with Gasteiger partial charge >= 0.3 is 6.18 Å². The molecule has 2 fully saturated rings. The number of rotatable bonds is 6. The van der Waals surface area contributed by atoms with Crippen LogP contribution in [0.4, 0.5) is 30.4 Å². The number of anilines is 3. The summed E-state index contributed by atoms with van der Waals surface area (Å²) in [6.45, 7) is -1.55. The molecule has 9 nitrogen and oxygen atoms in total. The van der Waals surface area contributed by atoms with Gasteiger partial charge in [0.05, 0.1) is 33.6 Å². The van der Waals surface area contributed by atoms with E-state index >= 15 is 0 Å². The lowest BCUT2D eigenvalue weighted by Crippen LogP contribution is -2.28. The van der Waals surface area contributed by atoms with Gasteiger partial charge in [-0.05, 0) is 43.4 Å². The van der Waals surface area contributed by atoms with Crippen molar-refractivity contribution in [2.24, 2.45) is 0 Å². The molecule has 3 aliphatic rings. The van der Waals surface area contributed by atoms with E-state index < -0.39 is 39.4 Å². The van der Waals surface area contributed by atoms with E-state index in [-0.39, 0.29) is 28.0 Å². The number of amides is 1. The van der Waals surface area contributed by atoms with Gasteiger partial charge in [0, 0.05) is 6.07 Å². The topological polar surface area (TPSA) is 115 Å². The Morgan fingerprint density at radius 1 is 1.26 bits per heavy atom. The second-order valence-corrected chi connectivity index (χ2v) is 11.2. The fourth-order valence-electron chi connectivity index (χ4n) is 4.31. The van der Waals surface area contributed by atoms with E-state index in [0.717, 1.165) is 0 Å². The molecule has 1 aliphatic heterocycles. The Morgan fingerprint density at radius 2 is 2.00 bits per heavy atom. The first-order valence-electron chi connectivity index (χ1n) is 10.6. The van der Waals surface area contributed by atoms with Gasteiger partial charge in [0.2, 0.25) is 21.8 Å². The summed E-state index contributed by atoms with van der Waals surface area (Å²) in [6, 6.07) is 4.59. The molecule has 0 atom stereocenters. The minimum Gasteiger partial charge on any atom is -0.467 e. The predicted molar refractivity (Wildman–Crippen MR) is 118 cm³/mol.